The van der Waals surface area contributed by atoms with Crippen LogP contribution in [0.2, 0.25) is 10.0 Å². The number of aliphatic carboxylic acids is 1. The van der Waals surface area contributed by atoms with Crippen LogP contribution in [-0.4, -0.2) is 77.5 Å². The Bertz CT molecular complexity index is 1810. The van der Waals surface area contributed by atoms with Gasteiger partial charge in [0.05, 0.1) is 26.9 Å². The number of esters is 1. The molecule has 0 aliphatic heterocycles. The average molecular weight is 901 g/mol. The van der Waals surface area contributed by atoms with E-state index in [1.54, 1.807) is 24.2 Å². The molecule has 0 unspecified atom stereocenters. The number of anilines is 1. The fourth-order valence-electron chi connectivity index (χ4n) is 4.61. The number of aryl methyl sites for hydroxylation is 2. The number of alkyl halides is 6. The molecule has 0 saturated heterocycles. The third-order valence-corrected chi connectivity index (χ3v) is 8.61. The molecule has 1 atom stereocenters. The lowest BCUT2D eigenvalue weighted by molar-refractivity contribution is -0.146. The number of para-hydroxylation sites is 1. The molecule has 0 aromatic heterocycles. The van der Waals surface area contributed by atoms with Gasteiger partial charge in [0.15, 0.2) is 10.9 Å². The topological polar surface area (TPSA) is 123 Å². The summed E-state index contributed by atoms with van der Waals surface area (Å²) in [6, 6.07) is 12.4. The number of carboxylic acid groups (broad SMARTS) is 1. The summed E-state index contributed by atoms with van der Waals surface area (Å²) in [5.41, 5.74) is 2.12. The summed E-state index contributed by atoms with van der Waals surface area (Å²) in [5, 5.41) is 8.46. The average Bonchev–Trinajstić information content (AvgIpc) is 3.17. The van der Waals surface area contributed by atoms with Crippen molar-refractivity contribution in [3.8, 4) is 11.5 Å². The maximum absolute atomic E-state index is 12.7. The second kappa shape index (κ2) is 25.4. The van der Waals surface area contributed by atoms with Gasteiger partial charge in [0, 0.05) is 20.2 Å². The Hall–Kier alpha value is -3.98. The number of carbonyl (C=O) groups excluding carboxylic acids is 3. The van der Waals surface area contributed by atoms with E-state index in [4.69, 9.17) is 77.3 Å². The molecular formula is C39H42Cl5F3N2O8. The summed E-state index contributed by atoms with van der Waals surface area (Å²) in [5.74, 6) is -2.87. The highest BCUT2D eigenvalue weighted by molar-refractivity contribution is 6.53. The molecule has 57 heavy (non-hydrogen) atoms. The van der Waals surface area contributed by atoms with Crippen molar-refractivity contribution in [1.82, 2.24) is 4.90 Å². The summed E-state index contributed by atoms with van der Waals surface area (Å²) in [7, 11) is 1.58. The van der Waals surface area contributed by atoms with Crippen LogP contribution in [0, 0.1) is 0 Å². The predicted molar refractivity (Wildman–Crippen MR) is 218 cm³/mol. The smallest absolute Gasteiger partial charge is 0.416 e. The summed E-state index contributed by atoms with van der Waals surface area (Å²) in [4.78, 5) is 48.0. The number of nitrogens with zero attached hydrogens (tertiary/aromatic N) is 2. The molecule has 312 valence electrons. The van der Waals surface area contributed by atoms with Crippen molar-refractivity contribution in [3.05, 3.63) is 112 Å². The maximum atomic E-state index is 12.7. The molecule has 0 heterocycles. The molecule has 0 spiro atoms. The van der Waals surface area contributed by atoms with Gasteiger partial charge in [-0.05, 0) is 67.3 Å². The molecule has 3 rings (SSSR count). The SMILES string of the molecule is C=CCN(CC=C)C(=O)C(Cl)Cl.CCc1cccc(CC)c1N(COC)C(=O)CCl.C[C@H](OC(=O)c1cc(Oc2ccc(C(F)(F)F)cc2Cl)ccc1Cl)C(=O)O. The fraction of sp³-hybridized carbons (Fsp3) is 0.333. The molecule has 2 amide bonds. The van der Waals surface area contributed by atoms with E-state index in [1.807, 2.05) is 18.2 Å². The van der Waals surface area contributed by atoms with Gasteiger partial charge in [-0.1, -0.05) is 90.6 Å². The van der Waals surface area contributed by atoms with Crippen molar-refractivity contribution in [2.24, 2.45) is 0 Å². The number of methoxy groups -OCH3 is 1. The Morgan fingerprint density at radius 3 is 1.93 bits per heavy atom. The number of rotatable bonds is 16. The summed E-state index contributed by atoms with van der Waals surface area (Å²) >= 11 is 28.2. The van der Waals surface area contributed by atoms with Gasteiger partial charge in [0.2, 0.25) is 5.91 Å². The number of ether oxygens (including phenoxy) is 3. The fourth-order valence-corrected chi connectivity index (χ4v) is 5.45. The van der Waals surface area contributed by atoms with E-state index in [9.17, 15) is 32.3 Å². The van der Waals surface area contributed by atoms with Crippen molar-refractivity contribution in [3.63, 3.8) is 0 Å². The lowest BCUT2D eigenvalue weighted by Crippen LogP contribution is -2.35. The molecule has 10 nitrogen and oxygen atoms in total. The van der Waals surface area contributed by atoms with Crippen molar-refractivity contribution < 1.29 is 51.7 Å². The van der Waals surface area contributed by atoms with Gasteiger partial charge < -0.3 is 24.2 Å². The van der Waals surface area contributed by atoms with Crippen LogP contribution in [0.25, 0.3) is 0 Å². The molecule has 1 N–H and O–H groups in total. The van der Waals surface area contributed by atoms with Gasteiger partial charge in [-0.15, -0.1) is 24.8 Å². The van der Waals surface area contributed by atoms with Crippen LogP contribution in [0.15, 0.2) is 79.9 Å². The van der Waals surface area contributed by atoms with E-state index in [0.717, 1.165) is 54.8 Å². The number of hydrogen-bond donors (Lipinski definition) is 1. The Kier molecular flexibility index (Phi) is 22.7. The zero-order chi connectivity index (χ0) is 43.5. The predicted octanol–water partition coefficient (Wildman–Crippen LogP) is 10.4. The number of carbonyl (C=O) groups is 4. The highest BCUT2D eigenvalue weighted by Crippen LogP contribution is 2.37. The van der Waals surface area contributed by atoms with Crippen LogP contribution in [0.3, 0.4) is 0 Å². The molecule has 0 aliphatic rings. The highest BCUT2D eigenvalue weighted by atomic mass is 35.5. The second-order valence-corrected chi connectivity index (χ2v) is 13.6. The van der Waals surface area contributed by atoms with Crippen molar-refractivity contribution in [1.29, 1.82) is 0 Å². The molecule has 0 aliphatic carbocycles. The first-order valence-electron chi connectivity index (χ1n) is 16.8. The molecule has 0 fully saturated rings. The van der Waals surface area contributed by atoms with Gasteiger partial charge >= 0.3 is 18.1 Å². The zero-order valence-electron chi connectivity index (χ0n) is 31.4. The maximum Gasteiger partial charge on any atom is 0.416 e. The number of halogens is 8. The zero-order valence-corrected chi connectivity index (χ0v) is 35.2. The first kappa shape index (κ1) is 51.0. The molecule has 0 bridgehead atoms. The van der Waals surface area contributed by atoms with Gasteiger partial charge in [-0.25, -0.2) is 9.59 Å². The van der Waals surface area contributed by atoms with Gasteiger partial charge in [-0.2, -0.15) is 13.2 Å². The lowest BCUT2D eigenvalue weighted by Gasteiger charge is -2.26. The van der Waals surface area contributed by atoms with Gasteiger partial charge in [0.1, 0.15) is 24.1 Å². The van der Waals surface area contributed by atoms with E-state index >= 15 is 0 Å². The van der Waals surface area contributed by atoms with Crippen LogP contribution in [-0.2, 0) is 42.9 Å². The van der Waals surface area contributed by atoms with E-state index in [1.165, 1.54) is 17.0 Å². The Balaban J connectivity index is 0.000000467. The minimum Gasteiger partial charge on any atom is -0.479 e. The lowest BCUT2D eigenvalue weighted by atomic mass is 10.0. The van der Waals surface area contributed by atoms with Crippen LogP contribution >= 0.6 is 58.0 Å². The van der Waals surface area contributed by atoms with E-state index in [2.05, 4.69) is 27.0 Å². The van der Waals surface area contributed by atoms with E-state index in [0.29, 0.717) is 19.2 Å². The first-order chi connectivity index (χ1) is 26.8. The van der Waals surface area contributed by atoms with Crippen molar-refractivity contribution in [2.75, 3.05) is 37.7 Å². The Morgan fingerprint density at radius 2 is 1.49 bits per heavy atom. The quantitative estimate of drug-likeness (QED) is 0.0653. The normalized spacial score (nSPS) is 11.2. The molecule has 3 aromatic rings. The summed E-state index contributed by atoms with van der Waals surface area (Å²) < 4.78 is 53.3. The molecule has 3 aromatic carbocycles. The summed E-state index contributed by atoms with van der Waals surface area (Å²) in [6.07, 6.45) is -0.991. The Morgan fingerprint density at radius 1 is 0.912 bits per heavy atom. The van der Waals surface area contributed by atoms with Crippen LogP contribution in [0.4, 0.5) is 18.9 Å². The second-order valence-electron chi connectivity index (χ2n) is 11.4. The number of carboxylic acids is 1. The minimum absolute atomic E-state index is 0.0246. The monoisotopic (exact) mass is 898 g/mol. The van der Waals surface area contributed by atoms with Crippen molar-refractivity contribution >= 4 is 87.4 Å². The third-order valence-electron chi connectivity index (χ3n) is 7.38. The van der Waals surface area contributed by atoms with E-state index < -0.39 is 34.6 Å². The first-order valence-corrected chi connectivity index (χ1v) is 19.0. The van der Waals surface area contributed by atoms with Crippen LogP contribution in [0.1, 0.15) is 47.8 Å². The summed E-state index contributed by atoms with van der Waals surface area (Å²) in [6.45, 7) is 13.4. The van der Waals surface area contributed by atoms with Crippen LogP contribution < -0.4 is 9.64 Å². The standard InChI is InChI=1S/C17H11Cl2F3O5.C14H20ClNO2.C8H11Cl2NO/c1-8(15(23)24)26-16(25)11-7-10(3-4-12(11)18)27-14-5-2-9(6-13(14)19)17(20,21)22;1-4-11-7-6-8-12(5-2)14(11)16(10-18-3)13(17)9-15;1-3-5-11(6-4-2)8(12)7(9)10/h2-8H,1H3,(H,23,24);6-8H,4-5,9-10H2,1-3H3;3-4,7H,1-2,5-6H2/t8-;;/m0../s1. The van der Waals surface area contributed by atoms with Crippen molar-refractivity contribution in [2.45, 2.75) is 50.7 Å². The van der Waals surface area contributed by atoms with Gasteiger partial charge in [0.25, 0.3) is 5.91 Å². The van der Waals surface area contributed by atoms with Gasteiger partial charge in [-0.3, -0.25) is 14.5 Å². The third kappa shape index (κ3) is 16.4. The van der Waals surface area contributed by atoms with E-state index in [-0.39, 0.29) is 51.5 Å². The molecule has 18 heteroatoms. The highest BCUT2D eigenvalue weighted by Gasteiger charge is 2.31. The number of benzene rings is 3. The van der Waals surface area contributed by atoms with Crippen LogP contribution in [0.5, 0.6) is 11.5 Å². The molecule has 0 radical (unpaired) electrons. The largest absolute Gasteiger partial charge is 0.479 e. The minimum atomic E-state index is -4.56. The molecule has 0 saturated carbocycles. The molecular weight excluding hydrogens is 859 g/mol. The Labute approximate surface area is 354 Å². The number of amides is 2. The number of hydrogen-bond acceptors (Lipinski definition) is 7.